The summed E-state index contributed by atoms with van der Waals surface area (Å²) in [5, 5.41) is 5.42. The number of nitrogens with zero attached hydrogens (tertiary/aromatic N) is 2. The Balaban J connectivity index is 1.79. The molecule has 1 aromatic heterocycles. The van der Waals surface area contributed by atoms with E-state index >= 15 is 0 Å². The van der Waals surface area contributed by atoms with Crippen LogP contribution in [0.4, 0.5) is 0 Å². The Labute approximate surface area is 168 Å². The van der Waals surface area contributed by atoms with E-state index in [1.54, 1.807) is 41.1 Å². The maximum Gasteiger partial charge on any atom is 0.184 e. The number of aromatic nitrogens is 2. The second-order valence-electron chi connectivity index (χ2n) is 5.16. The van der Waals surface area contributed by atoms with Crippen LogP contribution < -0.4 is 0 Å². The maximum absolute atomic E-state index is 12.6. The van der Waals surface area contributed by atoms with Gasteiger partial charge in [-0.05, 0) is 55.5 Å². The zero-order chi connectivity index (χ0) is 18.0. The van der Waals surface area contributed by atoms with Crippen LogP contribution in [0.3, 0.4) is 0 Å². The molecule has 0 amide bonds. The number of rotatable bonds is 5. The molecule has 0 saturated heterocycles. The van der Waals surface area contributed by atoms with Crippen LogP contribution >= 0.6 is 58.5 Å². The highest BCUT2D eigenvalue weighted by Crippen LogP contribution is 2.30. The van der Waals surface area contributed by atoms with Crippen molar-refractivity contribution in [1.29, 1.82) is 0 Å². The molecule has 0 fully saturated rings. The summed E-state index contributed by atoms with van der Waals surface area (Å²) in [5.74, 6) is 0.00617. The van der Waals surface area contributed by atoms with E-state index < -0.39 is 0 Å². The molecule has 0 aliphatic heterocycles. The Kier molecular flexibility index (Phi) is 5.96. The molecule has 0 radical (unpaired) electrons. The molecule has 3 rings (SSSR count). The summed E-state index contributed by atoms with van der Waals surface area (Å²) in [5.41, 5.74) is 1.43. The van der Waals surface area contributed by atoms with Gasteiger partial charge < -0.3 is 0 Å². The molecular weight excluding hydrogens is 415 g/mol. The number of halogens is 2. The minimum atomic E-state index is -0.294. The molecule has 1 heterocycles. The van der Waals surface area contributed by atoms with Gasteiger partial charge in [-0.2, -0.15) is 0 Å². The first-order chi connectivity index (χ1) is 11.9. The Hall–Kier alpha value is -1.18. The summed E-state index contributed by atoms with van der Waals surface area (Å²) >= 11 is 20.0. The van der Waals surface area contributed by atoms with Crippen molar-refractivity contribution in [3.63, 3.8) is 0 Å². The van der Waals surface area contributed by atoms with Crippen LogP contribution in [0, 0.1) is 3.95 Å². The van der Waals surface area contributed by atoms with Gasteiger partial charge >= 0.3 is 0 Å². The topological polar surface area (TPSA) is 34.9 Å². The molecule has 0 spiro atoms. The summed E-state index contributed by atoms with van der Waals surface area (Å²) in [4.78, 5) is 12.6. The van der Waals surface area contributed by atoms with Crippen LogP contribution in [0.5, 0.6) is 0 Å². The van der Waals surface area contributed by atoms with E-state index in [4.69, 9.17) is 35.4 Å². The van der Waals surface area contributed by atoms with Gasteiger partial charge in [0.1, 0.15) is 0 Å². The van der Waals surface area contributed by atoms with Crippen molar-refractivity contribution in [2.24, 2.45) is 0 Å². The van der Waals surface area contributed by atoms with Crippen molar-refractivity contribution in [2.75, 3.05) is 0 Å². The van der Waals surface area contributed by atoms with Gasteiger partial charge in [-0.1, -0.05) is 58.4 Å². The van der Waals surface area contributed by atoms with E-state index in [-0.39, 0.29) is 11.0 Å². The fraction of sp³-hybridized carbons (Fsp3) is 0.118. The number of benzene rings is 2. The van der Waals surface area contributed by atoms with Gasteiger partial charge in [-0.3, -0.25) is 4.79 Å². The van der Waals surface area contributed by atoms with E-state index in [2.05, 4.69) is 5.10 Å². The fourth-order valence-electron chi connectivity index (χ4n) is 2.14. The van der Waals surface area contributed by atoms with Crippen molar-refractivity contribution < 1.29 is 4.79 Å². The lowest BCUT2D eigenvalue weighted by Crippen LogP contribution is -2.13. The lowest BCUT2D eigenvalue weighted by molar-refractivity contribution is 0.0994. The molecule has 128 valence electrons. The van der Waals surface area contributed by atoms with Gasteiger partial charge in [0.05, 0.1) is 10.9 Å². The van der Waals surface area contributed by atoms with Crippen LogP contribution in [0.1, 0.15) is 17.3 Å². The van der Waals surface area contributed by atoms with Gasteiger partial charge in [0, 0.05) is 15.6 Å². The second kappa shape index (κ2) is 8.01. The zero-order valence-electron chi connectivity index (χ0n) is 13.0. The summed E-state index contributed by atoms with van der Waals surface area (Å²) in [6.45, 7) is 1.85. The zero-order valence-corrected chi connectivity index (χ0v) is 16.9. The van der Waals surface area contributed by atoms with Crippen LogP contribution in [0.25, 0.3) is 5.69 Å². The molecule has 1 unspecified atom stereocenters. The molecule has 3 aromatic rings. The first-order valence-electron chi connectivity index (χ1n) is 7.26. The average Bonchev–Trinajstić information content (AvgIpc) is 2.95. The molecule has 0 N–H and O–H groups in total. The minimum Gasteiger partial charge on any atom is -0.293 e. The van der Waals surface area contributed by atoms with Crippen molar-refractivity contribution in [3.8, 4) is 5.69 Å². The Morgan fingerprint density at radius 2 is 1.92 bits per heavy atom. The number of carbonyl (C=O) groups excluding carboxylic acids is 1. The Morgan fingerprint density at radius 3 is 2.60 bits per heavy atom. The van der Waals surface area contributed by atoms with Gasteiger partial charge in [0.15, 0.2) is 14.1 Å². The molecule has 0 aliphatic carbocycles. The first kappa shape index (κ1) is 18.6. The normalized spacial score (nSPS) is 12.1. The highest BCUT2D eigenvalue weighted by atomic mass is 35.5. The van der Waals surface area contributed by atoms with E-state index in [0.717, 1.165) is 10.0 Å². The molecule has 8 heteroatoms. The third kappa shape index (κ3) is 4.51. The summed E-state index contributed by atoms with van der Waals surface area (Å²) in [6.07, 6.45) is 0. The average molecular weight is 427 g/mol. The predicted octanol–water partition coefficient (Wildman–Crippen LogP) is 6.33. The number of thioether (sulfide) groups is 1. The number of Topliss-reactive ketones (excluding diaryl/α,β-unsaturated/α-hetero) is 1. The number of hydrogen-bond acceptors (Lipinski definition) is 5. The van der Waals surface area contributed by atoms with Crippen LogP contribution in [-0.2, 0) is 0 Å². The standard InChI is InChI=1S/C17H12Cl2N2OS3/c1-10(15(22)11-3-2-4-13(19)9-11)24-16-20-21(17(23)25-16)14-7-5-12(18)6-8-14/h2-10H,1H3. The predicted molar refractivity (Wildman–Crippen MR) is 108 cm³/mol. The Morgan fingerprint density at radius 1 is 1.20 bits per heavy atom. The number of ketones is 1. The van der Waals surface area contributed by atoms with E-state index in [1.807, 2.05) is 19.1 Å². The van der Waals surface area contributed by atoms with E-state index in [0.29, 0.717) is 19.6 Å². The molecule has 3 nitrogen and oxygen atoms in total. The second-order valence-corrected chi connectivity index (χ2v) is 9.24. The highest BCUT2D eigenvalue weighted by molar-refractivity contribution is 8.02. The molecule has 2 aromatic carbocycles. The summed E-state index contributed by atoms with van der Waals surface area (Å²) in [7, 11) is 0. The van der Waals surface area contributed by atoms with E-state index in [9.17, 15) is 4.79 Å². The van der Waals surface area contributed by atoms with Crippen molar-refractivity contribution >= 4 is 64.3 Å². The highest BCUT2D eigenvalue weighted by Gasteiger charge is 2.19. The molecule has 1 atom stereocenters. The lowest BCUT2D eigenvalue weighted by Gasteiger charge is -2.08. The van der Waals surface area contributed by atoms with Crippen LogP contribution in [-0.4, -0.2) is 20.8 Å². The van der Waals surface area contributed by atoms with Crippen LogP contribution in [0.15, 0.2) is 52.9 Å². The van der Waals surface area contributed by atoms with Gasteiger partial charge in [-0.15, -0.1) is 5.10 Å². The molecule has 25 heavy (non-hydrogen) atoms. The smallest absolute Gasteiger partial charge is 0.184 e. The fourth-order valence-corrected chi connectivity index (χ4v) is 5.03. The van der Waals surface area contributed by atoms with Gasteiger partial charge in [-0.25, -0.2) is 4.68 Å². The Bertz CT molecular complexity index is 967. The number of carbonyl (C=O) groups is 1. The van der Waals surface area contributed by atoms with Crippen molar-refractivity contribution in [1.82, 2.24) is 9.78 Å². The molecule has 0 aliphatic rings. The van der Waals surface area contributed by atoms with E-state index in [1.165, 1.54) is 23.1 Å². The molecule has 0 saturated carbocycles. The van der Waals surface area contributed by atoms with Crippen LogP contribution in [0.2, 0.25) is 10.0 Å². The maximum atomic E-state index is 12.6. The minimum absolute atomic E-state index is 0.00617. The lowest BCUT2D eigenvalue weighted by atomic mass is 10.1. The largest absolute Gasteiger partial charge is 0.293 e. The summed E-state index contributed by atoms with van der Waals surface area (Å²) < 4.78 is 3.03. The van der Waals surface area contributed by atoms with Crippen molar-refractivity contribution in [3.05, 3.63) is 68.1 Å². The monoisotopic (exact) mass is 426 g/mol. The van der Waals surface area contributed by atoms with Crippen molar-refractivity contribution in [2.45, 2.75) is 16.5 Å². The van der Waals surface area contributed by atoms with Gasteiger partial charge in [0.2, 0.25) is 0 Å². The first-order valence-corrected chi connectivity index (χ1v) is 10.1. The third-order valence-electron chi connectivity index (χ3n) is 3.36. The quantitative estimate of drug-likeness (QED) is 0.271. The SMILES string of the molecule is CC(Sc1nn(-c2ccc(Cl)cc2)c(=S)s1)C(=O)c1cccc(Cl)c1. The number of hydrogen-bond donors (Lipinski definition) is 0. The molecular formula is C17H12Cl2N2OS3. The summed E-state index contributed by atoms with van der Waals surface area (Å²) in [6, 6.07) is 14.2. The third-order valence-corrected chi connectivity index (χ3v) is 6.26. The van der Waals surface area contributed by atoms with Gasteiger partial charge in [0.25, 0.3) is 0 Å². The molecule has 0 bridgehead atoms.